The Kier molecular flexibility index (Phi) is 5.17. The maximum absolute atomic E-state index is 12.4. The van der Waals surface area contributed by atoms with Crippen molar-refractivity contribution < 1.29 is 27.8 Å². The van der Waals surface area contributed by atoms with Gasteiger partial charge < -0.3 is 15.2 Å². The maximum Gasteiger partial charge on any atom is 0.403 e. The van der Waals surface area contributed by atoms with Crippen LogP contribution in [0.15, 0.2) is 24.3 Å². The number of carbonyl (C=O) groups is 1. The van der Waals surface area contributed by atoms with Gasteiger partial charge in [0.05, 0.1) is 7.11 Å². The number of alkyl halides is 3. The van der Waals surface area contributed by atoms with Crippen LogP contribution in [0.4, 0.5) is 13.2 Å². The molecule has 19 heavy (non-hydrogen) atoms. The third kappa shape index (κ3) is 4.44. The molecule has 0 aliphatic heterocycles. The van der Waals surface area contributed by atoms with Crippen molar-refractivity contribution in [3.63, 3.8) is 0 Å². The van der Waals surface area contributed by atoms with E-state index >= 15 is 0 Å². The van der Waals surface area contributed by atoms with E-state index in [-0.39, 0.29) is 6.54 Å². The highest BCUT2D eigenvalue weighted by Crippen LogP contribution is 2.26. The van der Waals surface area contributed by atoms with Crippen molar-refractivity contribution in [2.45, 2.75) is 12.7 Å². The van der Waals surface area contributed by atoms with Gasteiger partial charge in [-0.05, 0) is 6.07 Å². The summed E-state index contributed by atoms with van der Waals surface area (Å²) in [7, 11) is 1.45. The predicted molar refractivity (Wildman–Crippen MR) is 61.9 cm³/mol. The van der Waals surface area contributed by atoms with Crippen molar-refractivity contribution in [1.29, 1.82) is 0 Å². The summed E-state index contributed by atoms with van der Waals surface area (Å²) in [5, 5.41) is 11.0. The first-order valence-electron chi connectivity index (χ1n) is 5.48. The molecular weight excluding hydrogens is 263 g/mol. The molecule has 0 fully saturated rings. The van der Waals surface area contributed by atoms with Crippen LogP contribution in [0.25, 0.3) is 0 Å². The van der Waals surface area contributed by atoms with Crippen molar-refractivity contribution in [2.75, 3.05) is 13.7 Å². The third-order valence-corrected chi connectivity index (χ3v) is 2.55. The number of rotatable bonds is 6. The first-order valence-corrected chi connectivity index (χ1v) is 5.48. The number of nitrogens with one attached hydrogen (secondary N) is 1. The molecule has 7 heteroatoms. The fourth-order valence-corrected chi connectivity index (χ4v) is 1.54. The molecule has 1 aromatic rings. The van der Waals surface area contributed by atoms with Crippen LogP contribution in [0.2, 0.25) is 0 Å². The molecular formula is C12H14F3NO3. The Labute approximate surface area is 108 Å². The number of hydrogen-bond donors (Lipinski definition) is 2. The number of ether oxygens (including phenoxy) is 1. The molecule has 1 rings (SSSR count). The van der Waals surface area contributed by atoms with Gasteiger partial charge in [-0.1, -0.05) is 18.2 Å². The molecule has 1 aromatic carbocycles. The lowest BCUT2D eigenvalue weighted by Gasteiger charge is -2.17. The Balaban J connectivity index is 2.60. The minimum atomic E-state index is -4.76. The van der Waals surface area contributed by atoms with E-state index in [0.29, 0.717) is 11.3 Å². The van der Waals surface area contributed by atoms with E-state index in [0.717, 1.165) is 0 Å². The zero-order valence-electron chi connectivity index (χ0n) is 10.2. The summed E-state index contributed by atoms with van der Waals surface area (Å²) in [4.78, 5) is 10.5. The molecule has 0 bridgehead atoms. The second kappa shape index (κ2) is 6.42. The fourth-order valence-electron chi connectivity index (χ4n) is 1.54. The molecule has 0 spiro atoms. The standard InChI is InChI=1S/C12H14F3NO3/c1-19-10-5-3-2-4-8(10)6-16-7-9(11(17)18)12(13,14)15/h2-5,9,16H,6-7H2,1H3,(H,17,18). The number of halogens is 3. The zero-order chi connectivity index (χ0) is 14.5. The number of methoxy groups -OCH3 is 1. The lowest BCUT2D eigenvalue weighted by atomic mass is 10.1. The van der Waals surface area contributed by atoms with Crippen molar-refractivity contribution in [3.05, 3.63) is 29.8 Å². The van der Waals surface area contributed by atoms with Crippen molar-refractivity contribution in [1.82, 2.24) is 5.32 Å². The van der Waals surface area contributed by atoms with E-state index in [2.05, 4.69) is 5.32 Å². The number of benzene rings is 1. The summed E-state index contributed by atoms with van der Waals surface area (Å²) in [5.41, 5.74) is 0.663. The van der Waals surface area contributed by atoms with E-state index in [4.69, 9.17) is 9.84 Å². The number of carboxylic acid groups (broad SMARTS) is 1. The molecule has 0 aliphatic carbocycles. The largest absolute Gasteiger partial charge is 0.496 e. The lowest BCUT2D eigenvalue weighted by molar-refractivity contribution is -0.192. The molecule has 0 aromatic heterocycles. The molecule has 0 heterocycles. The number of para-hydroxylation sites is 1. The number of hydrogen-bond acceptors (Lipinski definition) is 3. The highest BCUT2D eigenvalue weighted by molar-refractivity contribution is 5.71. The van der Waals surface area contributed by atoms with E-state index < -0.39 is 24.6 Å². The molecule has 0 radical (unpaired) electrons. The summed E-state index contributed by atoms with van der Waals surface area (Å²) < 4.78 is 42.2. The Hall–Kier alpha value is -1.76. The fraction of sp³-hybridized carbons (Fsp3) is 0.417. The quantitative estimate of drug-likeness (QED) is 0.835. The van der Waals surface area contributed by atoms with Crippen LogP contribution < -0.4 is 10.1 Å². The summed E-state index contributed by atoms with van der Waals surface area (Å²) in [5.74, 6) is -3.77. The maximum atomic E-state index is 12.4. The van der Waals surface area contributed by atoms with Gasteiger partial charge in [0.25, 0.3) is 0 Å². The molecule has 0 aliphatic rings. The van der Waals surface area contributed by atoms with E-state index in [9.17, 15) is 18.0 Å². The van der Waals surface area contributed by atoms with Gasteiger partial charge in [0, 0.05) is 18.7 Å². The monoisotopic (exact) mass is 277 g/mol. The van der Waals surface area contributed by atoms with Gasteiger partial charge in [-0.25, -0.2) is 0 Å². The SMILES string of the molecule is COc1ccccc1CNCC(C(=O)O)C(F)(F)F. The Morgan fingerprint density at radius 2 is 2.05 bits per heavy atom. The van der Waals surface area contributed by atoms with Gasteiger partial charge in [0.15, 0.2) is 5.92 Å². The van der Waals surface area contributed by atoms with Gasteiger partial charge in [-0.15, -0.1) is 0 Å². The molecule has 0 amide bonds. The summed E-state index contributed by atoms with van der Waals surface area (Å²) >= 11 is 0. The Morgan fingerprint density at radius 1 is 1.42 bits per heavy atom. The summed E-state index contributed by atoms with van der Waals surface area (Å²) in [6, 6.07) is 6.82. The van der Waals surface area contributed by atoms with E-state index in [1.807, 2.05) is 0 Å². The zero-order valence-corrected chi connectivity index (χ0v) is 10.2. The smallest absolute Gasteiger partial charge is 0.403 e. The minimum absolute atomic E-state index is 0.101. The highest BCUT2D eigenvalue weighted by Gasteiger charge is 2.44. The van der Waals surface area contributed by atoms with Crippen LogP contribution in [0.5, 0.6) is 5.75 Å². The number of aliphatic carboxylic acids is 1. The van der Waals surface area contributed by atoms with Crippen molar-refractivity contribution in [2.24, 2.45) is 5.92 Å². The van der Waals surface area contributed by atoms with Crippen LogP contribution in [0.3, 0.4) is 0 Å². The summed E-state index contributed by atoms with van der Waals surface area (Å²) in [6.07, 6.45) is -4.76. The van der Waals surface area contributed by atoms with Crippen LogP contribution in [-0.4, -0.2) is 30.9 Å². The van der Waals surface area contributed by atoms with Crippen LogP contribution in [-0.2, 0) is 11.3 Å². The van der Waals surface area contributed by atoms with Gasteiger partial charge in [0.1, 0.15) is 5.75 Å². The lowest BCUT2D eigenvalue weighted by Crippen LogP contribution is -2.38. The van der Waals surface area contributed by atoms with E-state index in [1.165, 1.54) is 7.11 Å². The molecule has 4 nitrogen and oxygen atoms in total. The minimum Gasteiger partial charge on any atom is -0.496 e. The van der Waals surface area contributed by atoms with Gasteiger partial charge >= 0.3 is 12.1 Å². The number of carboxylic acids is 1. The normalized spacial score (nSPS) is 13.1. The summed E-state index contributed by atoms with van der Waals surface area (Å²) in [6.45, 7) is -0.583. The average Bonchev–Trinajstić information content (AvgIpc) is 2.33. The first-order chi connectivity index (χ1) is 8.86. The Bertz CT molecular complexity index is 434. The first kappa shape index (κ1) is 15.3. The predicted octanol–water partition coefficient (Wildman–Crippen LogP) is 2.05. The molecule has 2 N–H and O–H groups in total. The molecule has 1 unspecified atom stereocenters. The molecule has 0 saturated carbocycles. The average molecular weight is 277 g/mol. The van der Waals surface area contributed by atoms with E-state index in [1.54, 1.807) is 24.3 Å². The van der Waals surface area contributed by atoms with Gasteiger partial charge in [0.2, 0.25) is 0 Å². The van der Waals surface area contributed by atoms with Crippen LogP contribution in [0, 0.1) is 5.92 Å². The molecule has 0 saturated heterocycles. The van der Waals surface area contributed by atoms with Crippen LogP contribution in [0.1, 0.15) is 5.56 Å². The van der Waals surface area contributed by atoms with Crippen molar-refractivity contribution in [3.8, 4) is 5.75 Å². The topological polar surface area (TPSA) is 58.6 Å². The highest BCUT2D eigenvalue weighted by atomic mass is 19.4. The van der Waals surface area contributed by atoms with Gasteiger partial charge in [-0.2, -0.15) is 13.2 Å². The molecule has 106 valence electrons. The van der Waals surface area contributed by atoms with Gasteiger partial charge in [-0.3, -0.25) is 4.79 Å². The third-order valence-electron chi connectivity index (χ3n) is 2.55. The Morgan fingerprint density at radius 3 is 2.58 bits per heavy atom. The van der Waals surface area contributed by atoms with Crippen molar-refractivity contribution >= 4 is 5.97 Å². The molecule has 1 atom stereocenters. The van der Waals surface area contributed by atoms with Crippen LogP contribution >= 0.6 is 0 Å². The second-order valence-electron chi connectivity index (χ2n) is 3.88. The second-order valence-corrected chi connectivity index (χ2v) is 3.88.